The molecule has 0 aliphatic rings. The second-order valence-corrected chi connectivity index (χ2v) is 3.18. The lowest BCUT2D eigenvalue weighted by molar-refractivity contribution is 1.57. The molecule has 0 radical (unpaired) electrons. The van der Waals surface area contributed by atoms with Gasteiger partial charge in [0.1, 0.15) is 0 Å². The van der Waals surface area contributed by atoms with Crippen molar-refractivity contribution in [2.45, 2.75) is 0 Å². The summed E-state index contributed by atoms with van der Waals surface area (Å²) in [5.74, 6) is 5.99. The summed E-state index contributed by atoms with van der Waals surface area (Å²) in [6.45, 7) is 0. The fourth-order valence-electron chi connectivity index (χ4n) is 0.962. The molecule has 0 unspecified atom stereocenters. The Morgan fingerprint density at radius 2 is 2.21 bits per heavy atom. The van der Waals surface area contributed by atoms with Crippen LogP contribution >= 0.6 is 23.8 Å². The van der Waals surface area contributed by atoms with Crippen molar-refractivity contribution >= 4 is 34.6 Å². The fourth-order valence-corrected chi connectivity index (χ4v) is 1.14. The lowest BCUT2D eigenvalue weighted by Gasteiger charge is -2.05. The predicted molar refractivity (Wildman–Crippen MR) is 64.4 cm³/mol. The minimum Gasteiger partial charge on any atom is -0.376 e. The summed E-state index contributed by atoms with van der Waals surface area (Å²) in [5.41, 5.74) is 7.01. The highest BCUT2D eigenvalue weighted by atomic mass is 35.5. The van der Waals surface area contributed by atoms with E-state index in [0.29, 0.717) is 5.88 Å². The molecule has 1 aromatic rings. The van der Waals surface area contributed by atoms with Crippen LogP contribution in [0.15, 0.2) is 24.3 Å². The van der Waals surface area contributed by atoms with E-state index in [1.807, 2.05) is 24.3 Å². The minimum atomic E-state index is 0.227. The highest BCUT2D eigenvalue weighted by Gasteiger charge is 1.97. The van der Waals surface area contributed by atoms with Gasteiger partial charge in [0.2, 0.25) is 0 Å². The number of nitrogens with one attached hydrogen (secondary N) is 1. The van der Waals surface area contributed by atoms with Gasteiger partial charge in [-0.05, 0) is 24.4 Å². The molecular weight excluding hydrogens is 216 g/mol. The standard InChI is InChI=1S/C10H9ClN2S/c11-7-3-5-8-4-1-2-6-9(8)13-10(12)14/h1-2,4,6H,7H2,(H3,12,13,14). The van der Waals surface area contributed by atoms with Crippen molar-refractivity contribution in [1.82, 2.24) is 0 Å². The van der Waals surface area contributed by atoms with E-state index in [0.717, 1.165) is 11.3 Å². The molecule has 0 atom stereocenters. The van der Waals surface area contributed by atoms with Gasteiger partial charge in [-0.25, -0.2) is 0 Å². The zero-order valence-electron chi connectivity index (χ0n) is 7.38. The summed E-state index contributed by atoms with van der Waals surface area (Å²) >= 11 is 10.2. The number of alkyl halides is 1. The Hall–Kier alpha value is -1.24. The molecule has 0 saturated heterocycles. The molecular formula is C10H9ClN2S. The molecule has 3 N–H and O–H groups in total. The number of hydrogen-bond donors (Lipinski definition) is 2. The predicted octanol–water partition coefficient (Wildman–Crippen LogP) is 1.93. The fraction of sp³-hybridized carbons (Fsp3) is 0.100. The Morgan fingerprint density at radius 1 is 1.50 bits per heavy atom. The van der Waals surface area contributed by atoms with E-state index in [9.17, 15) is 0 Å². The van der Waals surface area contributed by atoms with Crippen LogP contribution < -0.4 is 11.1 Å². The van der Waals surface area contributed by atoms with Crippen molar-refractivity contribution in [3.8, 4) is 11.8 Å². The van der Waals surface area contributed by atoms with Crippen molar-refractivity contribution < 1.29 is 0 Å². The first-order valence-corrected chi connectivity index (χ1v) is 4.88. The Kier molecular flexibility index (Phi) is 4.24. The molecule has 0 spiro atoms. The largest absolute Gasteiger partial charge is 0.376 e. The maximum absolute atomic E-state index is 5.47. The lowest BCUT2D eigenvalue weighted by Crippen LogP contribution is -2.19. The van der Waals surface area contributed by atoms with Crippen LogP contribution in [0.25, 0.3) is 0 Å². The number of halogens is 1. The quantitative estimate of drug-likeness (QED) is 0.435. The molecule has 0 aliphatic heterocycles. The third-order valence-corrected chi connectivity index (χ3v) is 1.71. The molecule has 4 heteroatoms. The molecule has 2 nitrogen and oxygen atoms in total. The van der Waals surface area contributed by atoms with Crippen LogP contribution in [-0.4, -0.2) is 11.0 Å². The zero-order valence-corrected chi connectivity index (χ0v) is 8.95. The van der Waals surface area contributed by atoms with Crippen LogP contribution in [0, 0.1) is 11.8 Å². The van der Waals surface area contributed by atoms with Crippen LogP contribution in [0.3, 0.4) is 0 Å². The Bertz CT molecular complexity index is 393. The molecule has 72 valence electrons. The molecule has 0 heterocycles. The molecule has 0 bridgehead atoms. The van der Waals surface area contributed by atoms with E-state index in [-0.39, 0.29) is 5.11 Å². The maximum atomic E-state index is 5.47. The Balaban J connectivity index is 2.96. The first-order valence-electron chi connectivity index (χ1n) is 3.94. The van der Waals surface area contributed by atoms with E-state index in [1.54, 1.807) is 0 Å². The highest BCUT2D eigenvalue weighted by Crippen LogP contribution is 2.12. The number of para-hydroxylation sites is 1. The van der Waals surface area contributed by atoms with Gasteiger partial charge in [-0.15, -0.1) is 11.6 Å². The van der Waals surface area contributed by atoms with Crippen molar-refractivity contribution in [3.63, 3.8) is 0 Å². The summed E-state index contributed by atoms with van der Waals surface area (Å²) < 4.78 is 0. The summed E-state index contributed by atoms with van der Waals surface area (Å²) in [6.07, 6.45) is 0. The average molecular weight is 225 g/mol. The SMILES string of the molecule is NC(=S)Nc1ccccc1C#CCCl. The van der Waals surface area contributed by atoms with E-state index in [4.69, 9.17) is 29.6 Å². The molecule has 0 amide bonds. The summed E-state index contributed by atoms with van der Waals surface area (Å²) in [6, 6.07) is 7.51. The monoisotopic (exact) mass is 224 g/mol. The van der Waals surface area contributed by atoms with Gasteiger partial charge in [0.25, 0.3) is 0 Å². The normalized spacial score (nSPS) is 8.64. The topological polar surface area (TPSA) is 38.0 Å². The number of hydrogen-bond acceptors (Lipinski definition) is 1. The zero-order chi connectivity index (χ0) is 10.4. The molecule has 0 fully saturated rings. The van der Waals surface area contributed by atoms with Gasteiger partial charge in [-0.2, -0.15) is 0 Å². The van der Waals surface area contributed by atoms with Crippen LogP contribution in [0.4, 0.5) is 5.69 Å². The van der Waals surface area contributed by atoms with Crippen molar-refractivity contribution in [3.05, 3.63) is 29.8 Å². The van der Waals surface area contributed by atoms with E-state index in [2.05, 4.69) is 17.2 Å². The van der Waals surface area contributed by atoms with E-state index in [1.165, 1.54) is 0 Å². The second kappa shape index (κ2) is 5.48. The van der Waals surface area contributed by atoms with E-state index >= 15 is 0 Å². The summed E-state index contributed by atoms with van der Waals surface area (Å²) in [7, 11) is 0. The first-order chi connectivity index (χ1) is 6.74. The van der Waals surface area contributed by atoms with Gasteiger partial charge in [-0.3, -0.25) is 0 Å². The van der Waals surface area contributed by atoms with Crippen molar-refractivity contribution in [2.24, 2.45) is 5.73 Å². The van der Waals surface area contributed by atoms with Crippen LogP contribution in [0.2, 0.25) is 0 Å². The third kappa shape index (κ3) is 3.25. The van der Waals surface area contributed by atoms with Gasteiger partial charge in [0.05, 0.1) is 11.6 Å². The highest BCUT2D eigenvalue weighted by molar-refractivity contribution is 7.80. The molecule has 0 saturated carbocycles. The third-order valence-electron chi connectivity index (χ3n) is 1.47. The van der Waals surface area contributed by atoms with E-state index < -0.39 is 0 Å². The number of nitrogens with two attached hydrogens (primary N) is 1. The van der Waals surface area contributed by atoms with Crippen LogP contribution in [0.5, 0.6) is 0 Å². The summed E-state index contributed by atoms with van der Waals surface area (Å²) in [5, 5.41) is 3.07. The van der Waals surface area contributed by atoms with Gasteiger partial charge in [0, 0.05) is 5.56 Å². The minimum absolute atomic E-state index is 0.227. The maximum Gasteiger partial charge on any atom is 0.168 e. The van der Waals surface area contributed by atoms with Gasteiger partial charge in [-0.1, -0.05) is 24.0 Å². The molecule has 0 aliphatic carbocycles. The number of rotatable bonds is 1. The van der Waals surface area contributed by atoms with Gasteiger partial charge in [0.15, 0.2) is 5.11 Å². The Labute approximate surface area is 93.4 Å². The van der Waals surface area contributed by atoms with Gasteiger partial charge < -0.3 is 11.1 Å². The summed E-state index contributed by atoms with van der Waals surface area (Å²) in [4.78, 5) is 0. The van der Waals surface area contributed by atoms with Crippen LogP contribution in [-0.2, 0) is 0 Å². The number of thiocarbonyl (C=S) groups is 1. The first kappa shape index (κ1) is 10.8. The Morgan fingerprint density at radius 3 is 2.86 bits per heavy atom. The average Bonchev–Trinajstić information content (AvgIpc) is 2.16. The number of anilines is 1. The number of benzene rings is 1. The van der Waals surface area contributed by atoms with Gasteiger partial charge >= 0.3 is 0 Å². The van der Waals surface area contributed by atoms with Crippen LogP contribution in [0.1, 0.15) is 5.56 Å². The molecule has 1 aromatic carbocycles. The second-order valence-electron chi connectivity index (χ2n) is 2.47. The van der Waals surface area contributed by atoms with Crippen molar-refractivity contribution in [2.75, 3.05) is 11.2 Å². The van der Waals surface area contributed by atoms with Crippen molar-refractivity contribution in [1.29, 1.82) is 0 Å². The molecule has 0 aromatic heterocycles. The molecule has 1 rings (SSSR count). The lowest BCUT2D eigenvalue weighted by atomic mass is 10.2. The smallest absolute Gasteiger partial charge is 0.168 e. The molecule has 14 heavy (non-hydrogen) atoms.